The Bertz CT molecular complexity index is 554. The van der Waals surface area contributed by atoms with Gasteiger partial charge < -0.3 is 5.32 Å². The molecule has 114 valence electrons. The summed E-state index contributed by atoms with van der Waals surface area (Å²) >= 11 is 15.2. The fourth-order valence-electron chi connectivity index (χ4n) is 2.02. The zero-order valence-corrected chi connectivity index (χ0v) is 15.1. The van der Waals surface area contributed by atoms with Crippen LogP contribution < -0.4 is 10.0 Å². The van der Waals surface area contributed by atoms with E-state index in [0.717, 1.165) is 19.4 Å². The van der Waals surface area contributed by atoms with E-state index < -0.39 is 10.0 Å². The van der Waals surface area contributed by atoms with Gasteiger partial charge in [0.15, 0.2) is 0 Å². The largest absolute Gasteiger partial charge is 0.315 e. The monoisotopic (exact) mass is 422 g/mol. The van der Waals surface area contributed by atoms with Crippen LogP contribution in [0.3, 0.4) is 0 Å². The molecule has 0 radical (unpaired) electrons. The Hall–Kier alpha value is 0.440. The van der Waals surface area contributed by atoms with Crippen LogP contribution in [0.2, 0.25) is 10.0 Å². The van der Waals surface area contributed by atoms with E-state index in [0.29, 0.717) is 11.0 Å². The standard InChI is InChI=1S/C11H13BrCl2N2O2S.ClH/c12-7-4-9(13)11(10(14)5-7)19(17,18)16-8-2-1-3-15-6-8;/h4-5,8,15-16H,1-3,6H2;1H/t8-;/m1./s1. The van der Waals surface area contributed by atoms with E-state index in [4.69, 9.17) is 23.2 Å². The molecule has 1 aliphatic rings. The highest BCUT2D eigenvalue weighted by Gasteiger charge is 2.26. The van der Waals surface area contributed by atoms with Gasteiger partial charge in [0.2, 0.25) is 10.0 Å². The van der Waals surface area contributed by atoms with Gasteiger partial charge in [-0.2, -0.15) is 0 Å². The SMILES string of the molecule is Cl.O=S(=O)(N[C@@H]1CCCNC1)c1c(Cl)cc(Br)cc1Cl. The number of halogens is 4. The predicted octanol–water partition coefficient (Wildman–Crippen LogP) is 3.21. The number of hydrogen-bond donors (Lipinski definition) is 2. The molecule has 20 heavy (non-hydrogen) atoms. The van der Waals surface area contributed by atoms with Gasteiger partial charge in [-0.05, 0) is 31.5 Å². The van der Waals surface area contributed by atoms with Crippen LogP contribution in [0.5, 0.6) is 0 Å². The Balaban J connectivity index is 0.00000200. The third kappa shape index (κ3) is 4.47. The smallest absolute Gasteiger partial charge is 0.243 e. The molecule has 2 rings (SSSR count). The van der Waals surface area contributed by atoms with Crippen molar-refractivity contribution in [2.45, 2.75) is 23.8 Å². The van der Waals surface area contributed by atoms with Crippen molar-refractivity contribution in [2.24, 2.45) is 0 Å². The van der Waals surface area contributed by atoms with Crippen LogP contribution in [0.25, 0.3) is 0 Å². The van der Waals surface area contributed by atoms with Gasteiger partial charge in [-0.1, -0.05) is 39.1 Å². The van der Waals surface area contributed by atoms with Crippen LogP contribution in [0.4, 0.5) is 0 Å². The van der Waals surface area contributed by atoms with Crippen molar-refractivity contribution in [2.75, 3.05) is 13.1 Å². The van der Waals surface area contributed by atoms with E-state index in [-0.39, 0.29) is 33.4 Å². The zero-order chi connectivity index (χ0) is 14.0. The summed E-state index contributed by atoms with van der Waals surface area (Å²) in [6.45, 7) is 1.53. The fraction of sp³-hybridized carbons (Fsp3) is 0.455. The van der Waals surface area contributed by atoms with E-state index >= 15 is 0 Å². The van der Waals surface area contributed by atoms with E-state index in [1.165, 1.54) is 12.1 Å². The van der Waals surface area contributed by atoms with Crippen LogP contribution in [-0.2, 0) is 10.0 Å². The summed E-state index contributed by atoms with van der Waals surface area (Å²) in [6, 6.07) is 2.90. The minimum atomic E-state index is -3.71. The lowest BCUT2D eigenvalue weighted by atomic mass is 10.1. The second kappa shape index (κ2) is 7.63. The summed E-state index contributed by atoms with van der Waals surface area (Å²) in [7, 11) is -3.71. The van der Waals surface area contributed by atoms with Crippen molar-refractivity contribution < 1.29 is 8.42 Å². The van der Waals surface area contributed by atoms with Gasteiger partial charge in [0.05, 0.1) is 10.0 Å². The molecule has 1 aliphatic heterocycles. The molecule has 0 unspecified atom stereocenters. The maximum Gasteiger partial charge on any atom is 0.243 e. The second-order valence-corrected chi connectivity index (χ2v) is 7.74. The van der Waals surface area contributed by atoms with Gasteiger partial charge in [-0.3, -0.25) is 0 Å². The van der Waals surface area contributed by atoms with Crippen molar-refractivity contribution in [3.05, 3.63) is 26.7 Å². The lowest BCUT2D eigenvalue weighted by molar-refractivity contribution is 0.428. The van der Waals surface area contributed by atoms with Crippen molar-refractivity contribution in [3.63, 3.8) is 0 Å². The first-order chi connectivity index (χ1) is 8.90. The predicted molar refractivity (Wildman–Crippen MR) is 87.6 cm³/mol. The normalized spacial score (nSPS) is 19.4. The molecule has 1 aromatic rings. The van der Waals surface area contributed by atoms with Gasteiger partial charge in [0.1, 0.15) is 4.90 Å². The van der Waals surface area contributed by atoms with Crippen molar-refractivity contribution in [1.82, 2.24) is 10.0 Å². The molecule has 0 bridgehead atoms. The summed E-state index contributed by atoms with van der Waals surface area (Å²) < 4.78 is 27.9. The van der Waals surface area contributed by atoms with E-state index in [2.05, 4.69) is 26.0 Å². The molecule has 2 N–H and O–H groups in total. The summed E-state index contributed by atoms with van der Waals surface area (Å²) in [5.41, 5.74) is 0. The number of piperidine rings is 1. The highest BCUT2D eigenvalue weighted by Crippen LogP contribution is 2.32. The van der Waals surface area contributed by atoms with Crippen LogP contribution >= 0.6 is 51.5 Å². The second-order valence-electron chi connectivity index (χ2n) is 4.36. The van der Waals surface area contributed by atoms with Crippen LogP contribution in [0.15, 0.2) is 21.5 Å². The fourth-order valence-corrected chi connectivity index (χ4v) is 5.22. The lowest BCUT2D eigenvalue weighted by Gasteiger charge is -2.24. The summed E-state index contributed by atoms with van der Waals surface area (Å²) in [6.07, 6.45) is 1.74. The summed E-state index contributed by atoms with van der Waals surface area (Å²) in [5, 5.41) is 3.36. The Kier molecular flexibility index (Phi) is 7.05. The molecule has 0 amide bonds. The maximum atomic E-state index is 12.3. The maximum absolute atomic E-state index is 12.3. The number of nitrogens with one attached hydrogen (secondary N) is 2. The number of hydrogen-bond acceptors (Lipinski definition) is 3. The Morgan fingerprint density at radius 2 is 1.90 bits per heavy atom. The average Bonchev–Trinajstić information content (AvgIpc) is 2.27. The Labute approximate surface area is 143 Å². The molecule has 1 saturated heterocycles. The summed E-state index contributed by atoms with van der Waals surface area (Å²) in [4.78, 5) is -0.0652. The molecule has 0 aromatic heterocycles. The Morgan fingerprint density at radius 3 is 2.40 bits per heavy atom. The highest BCUT2D eigenvalue weighted by molar-refractivity contribution is 9.10. The molecule has 1 fully saturated rings. The minimum absolute atomic E-state index is 0. The zero-order valence-electron chi connectivity index (χ0n) is 10.3. The molecule has 1 aromatic carbocycles. The third-order valence-corrected chi connectivity index (χ3v) is 5.75. The van der Waals surface area contributed by atoms with Gasteiger partial charge in [-0.25, -0.2) is 13.1 Å². The van der Waals surface area contributed by atoms with Gasteiger partial charge >= 0.3 is 0 Å². The van der Waals surface area contributed by atoms with Gasteiger partial charge in [-0.15, -0.1) is 12.4 Å². The molecule has 1 atom stereocenters. The first kappa shape index (κ1) is 18.5. The van der Waals surface area contributed by atoms with Crippen LogP contribution in [-0.4, -0.2) is 27.5 Å². The van der Waals surface area contributed by atoms with Crippen molar-refractivity contribution in [1.29, 1.82) is 0 Å². The summed E-state index contributed by atoms with van der Waals surface area (Å²) in [5.74, 6) is 0. The molecule has 0 spiro atoms. The molecule has 0 saturated carbocycles. The van der Waals surface area contributed by atoms with E-state index in [9.17, 15) is 8.42 Å². The van der Waals surface area contributed by atoms with E-state index in [1.807, 2.05) is 0 Å². The van der Waals surface area contributed by atoms with E-state index in [1.54, 1.807) is 0 Å². The van der Waals surface area contributed by atoms with Crippen molar-refractivity contribution in [3.8, 4) is 0 Å². The number of rotatable bonds is 3. The molecule has 1 heterocycles. The Morgan fingerprint density at radius 1 is 1.30 bits per heavy atom. The average molecular weight is 425 g/mol. The molecular weight excluding hydrogens is 410 g/mol. The number of sulfonamides is 1. The highest BCUT2D eigenvalue weighted by atomic mass is 79.9. The van der Waals surface area contributed by atoms with Gasteiger partial charge in [0, 0.05) is 17.1 Å². The van der Waals surface area contributed by atoms with Crippen LogP contribution in [0.1, 0.15) is 12.8 Å². The topological polar surface area (TPSA) is 58.2 Å². The number of benzene rings is 1. The third-order valence-electron chi connectivity index (χ3n) is 2.85. The first-order valence-electron chi connectivity index (χ1n) is 5.78. The molecule has 0 aliphatic carbocycles. The lowest BCUT2D eigenvalue weighted by Crippen LogP contribution is -2.45. The van der Waals surface area contributed by atoms with Crippen LogP contribution in [0, 0.1) is 0 Å². The molecule has 4 nitrogen and oxygen atoms in total. The first-order valence-corrected chi connectivity index (χ1v) is 8.81. The van der Waals surface area contributed by atoms with Crippen molar-refractivity contribution >= 4 is 61.6 Å². The molecular formula is C11H14BrCl3N2O2S. The quantitative estimate of drug-likeness (QED) is 0.783. The molecule has 9 heteroatoms. The minimum Gasteiger partial charge on any atom is -0.315 e. The van der Waals surface area contributed by atoms with Gasteiger partial charge in [0.25, 0.3) is 0 Å².